The molecular weight excluding hydrogens is 212 g/mol. The Hall–Kier alpha value is -1.16. The van der Waals surface area contributed by atoms with Crippen LogP contribution in [-0.4, -0.2) is 22.9 Å². The highest BCUT2D eigenvalue weighted by atomic mass is 32.2. The highest BCUT2D eigenvalue weighted by molar-refractivity contribution is 8.00. The monoisotopic (exact) mass is 226 g/mol. The van der Waals surface area contributed by atoms with Gasteiger partial charge in [0.25, 0.3) is 0 Å². The number of carbonyl (C=O) groups is 1. The van der Waals surface area contributed by atoms with Crippen LogP contribution in [0.4, 0.5) is 0 Å². The Morgan fingerprint density at radius 1 is 1.53 bits per heavy atom. The lowest BCUT2D eigenvalue weighted by atomic mass is 10.3. The van der Waals surface area contributed by atoms with Crippen LogP contribution in [0.5, 0.6) is 5.75 Å². The first-order chi connectivity index (χ1) is 7.08. The highest BCUT2D eigenvalue weighted by Gasteiger charge is 2.06. The smallest absolute Gasteiger partial charge is 0.316 e. The van der Waals surface area contributed by atoms with Crippen LogP contribution in [0.3, 0.4) is 0 Å². The SMILES string of the molecule is CC(C)OC(=O)CSc1cccc(O)c1. The fourth-order valence-electron chi connectivity index (χ4n) is 1.01. The zero-order chi connectivity index (χ0) is 11.3. The van der Waals surface area contributed by atoms with Gasteiger partial charge in [0.1, 0.15) is 5.75 Å². The molecule has 0 bridgehead atoms. The Morgan fingerprint density at radius 3 is 2.87 bits per heavy atom. The number of hydrogen-bond acceptors (Lipinski definition) is 4. The van der Waals surface area contributed by atoms with Crippen LogP contribution in [0.2, 0.25) is 0 Å². The van der Waals surface area contributed by atoms with Crippen LogP contribution < -0.4 is 0 Å². The third-order valence-corrected chi connectivity index (χ3v) is 2.51. The van der Waals surface area contributed by atoms with E-state index in [9.17, 15) is 9.90 Å². The summed E-state index contributed by atoms with van der Waals surface area (Å²) in [5.41, 5.74) is 0. The van der Waals surface area contributed by atoms with E-state index in [2.05, 4.69) is 0 Å². The van der Waals surface area contributed by atoms with Crippen molar-refractivity contribution in [2.75, 3.05) is 5.75 Å². The number of rotatable bonds is 4. The fraction of sp³-hybridized carbons (Fsp3) is 0.364. The maximum Gasteiger partial charge on any atom is 0.316 e. The first-order valence-electron chi connectivity index (χ1n) is 4.69. The Kier molecular flexibility index (Phi) is 4.49. The Bertz CT molecular complexity index is 336. The molecule has 1 aromatic carbocycles. The molecule has 0 aliphatic rings. The molecule has 0 unspecified atom stereocenters. The second kappa shape index (κ2) is 5.66. The van der Waals surface area contributed by atoms with Crippen molar-refractivity contribution in [3.63, 3.8) is 0 Å². The summed E-state index contributed by atoms with van der Waals surface area (Å²) in [5.74, 6) is 0.234. The van der Waals surface area contributed by atoms with Crippen molar-refractivity contribution >= 4 is 17.7 Å². The first-order valence-corrected chi connectivity index (χ1v) is 5.68. The van der Waals surface area contributed by atoms with Crippen LogP contribution in [0.15, 0.2) is 29.2 Å². The molecule has 0 aromatic heterocycles. The predicted molar refractivity (Wildman–Crippen MR) is 60.1 cm³/mol. The van der Waals surface area contributed by atoms with Gasteiger partial charge in [-0.25, -0.2) is 0 Å². The molecule has 0 saturated carbocycles. The number of aromatic hydroxyl groups is 1. The van der Waals surface area contributed by atoms with Crippen molar-refractivity contribution in [2.24, 2.45) is 0 Å². The van der Waals surface area contributed by atoms with Gasteiger partial charge in [-0.15, -0.1) is 11.8 Å². The molecule has 0 radical (unpaired) electrons. The molecule has 0 aliphatic carbocycles. The number of ether oxygens (including phenoxy) is 1. The van der Waals surface area contributed by atoms with Gasteiger partial charge in [-0.2, -0.15) is 0 Å². The molecule has 0 atom stereocenters. The molecular formula is C11H14O3S. The molecule has 0 spiro atoms. The second-order valence-corrected chi connectivity index (χ2v) is 4.37. The van der Waals surface area contributed by atoms with Gasteiger partial charge < -0.3 is 9.84 Å². The van der Waals surface area contributed by atoms with E-state index in [4.69, 9.17) is 4.74 Å². The summed E-state index contributed by atoms with van der Waals surface area (Å²) in [5, 5.41) is 9.19. The van der Waals surface area contributed by atoms with Crippen molar-refractivity contribution in [3.05, 3.63) is 24.3 Å². The third kappa shape index (κ3) is 4.74. The zero-order valence-electron chi connectivity index (χ0n) is 8.77. The van der Waals surface area contributed by atoms with E-state index in [-0.39, 0.29) is 23.6 Å². The lowest BCUT2D eigenvalue weighted by Gasteiger charge is -2.07. The standard InChI is InChI=1S/C11H14O3S/c1-8(2)14-11(13)7-15-10-5-3-4-9(12)6-10/h3-6,8,12H,7H2,1-2H3. The molecule has 1 aromatic rings. The van der Waals surface area contributed by atoms with Crippen LogP contribution in [0.25, 0.3) is 0 Å². The maximum absolute atomic E-state index is 11.2. The molecule has 0 saturated heterocycles. The summed E-state index contributed by atoms with van der Waals surface area (Å²) >= 11 is 1.35. The van der Waals surface area contributed by atoms with Gasteiger partial charge >= 0.3 is 5.97 Å². The van der Waals surface area contributed by atoms with Crippen molar-refractivity contribution < 1.29 is 14.6 Å². The summed E-state index contributed by atoms with van der Waals surface area (Å²) in [6.45, 7) is 3.63. The Labute approximate surface area is 93.4 Å². The van der Waals surface area contributed by atoms with Crippen LogP contribution in [-0.2, 0) is 9.53 Å². The fourth-order valence-corrected chi connectivity index (χ4v) is 1.74. The molecule has 1 N–H and O–H groups in total. The summed E-state index contributed by atoms with van der Waals surface area (Å²) in [7, 11) is 0. The molecule has 4 heteroatoms. The summed E-state index contributed by atoms with van der Waals surface area (Å²) in [6.07, 6.45) is -0.0812. The minimum atomic E-state index is -0.238. The van der Waals surface area contributed by atoms with Crippen molar-refractivity contribution in [1.29, 1.82) is 0 Å². The van der Waals surface area contributed by atoms with Crippen LogP contribution >= 0.6 is 11.8 Å². The normalized spacial score (nSPS) is 10.3. The van der Waals surface area contributed by atoms with E-state index in [1.807, 2.05) is 19.9 Å². The largest absolute Gasteiger partial charge is 0.508 e. The van der Waals surface area contributed by atoms with E-state index in [0.29, 0.717) is 0 Å². The lowest BCUT2D eigenvalue weighted by Crippen LogP contribution is -2.13. The third-order valence-electron chi connectivity index (χ3n) is 1.54. The number of phenols is 1. The molecule has 1 rings (SSSR count). The van der Waals surface area contributed by atoms with Gasteiger partial charge in [-0.1, -0.05) is 6.07 Å². The van der Waals surface area contributed by atoms with Gasteiger partial charge in [0.15, 0.2) is 0 Å². The molecule has 82 valence electrons. The highest BCUT2D eigenvalue weighted by Crippen LogP contribution is 2.22. The summed E-state index contributed by atoms with van der Waals surface area (Å²) < 4.78 is 4.98. The van der Waals surface area contributed by atoms with Crippen molar-refractivity contribution in [1.82, 2.24) is 0 Å². The zero-order valence-corrected chi connectivity index (χ0v) is 9.58. The average molecular weight is 226 g/mol. The minimum absolute atomic E-state index is 0.0812. The second-order valence-electron chi connectivity index (χ2n) is 3.32. The van der Waals surface area contributed by atoms with Gasteiger partial charge in [-0.05, 0) is 32.0 Å². The quantitative estimate of drug-likeness (QED) is 0.632. The molecule has 0 heterocycles. The molecule has 0 aliphatic heterocycles. The van der Waals surface area contributed by atoms with E-state index in [1.54, 1.807) is 18.2 Å². The van der Waals surface area contributed by atoms with Crippen LogP contribution in [0, 0.1) is 0 Å². The van der Waals surface area contributed by atoms with Crippen LogP contribution in [0.1, 0.15) is 13.8 Å². The van der Waals surface area contributed by atoms with Gasteiger partial charge in [-0.3, -0.25) is 4.79 Å². The number of carbonyl (C=O) groups excluding carboxylic acids is 1. The number of hydrogen-bond donors (Lipinski definition) is 1. The molecule has 0 fully saturated rings. The van der Waals surface area contributed by atoms with Gasteiger partial charge in [0.2, 0.25) is 0 Å². The average Bonchev–Trinajstić information content (AvgIpc) is 2.14. The number of thioether (sulfide) groups is 1. The Morgan fingerprint density at radius 2 is 2.27 bits per heavy atom. The molecule has 15 heavy (non-hydrogen) atoms. The minimum Gasteiger partial charge on any atom is -0.508 e. The van der Waals surface area contributed by atoms with E-state index >= 15 is 0 Å². The number of phenolic OH excluding ortho intramolecular Hbond substituents is 1. The van der Waals surface area contributed by atoms with E-state index in [1.165, 1.54) is 11.8 Å². The van der Waals surface area contributed by atoms with Crippen molar-refractivity contribution in [3.8, 4) is 5.75 Å². The van der Waals surface area contributed by atoms with E-state index < -0.39 is 0 Å². The topological polar surface area (TPSA) is 46.5 Å². The summed E-state index contributed by atoms with van der Waals surface area (Å²) in [4.78, 5) is 12.1. The maximum atomic E-state index is 11.2. The van der Waals surface area contributed by atoms with Gasteiger partial charge in [0.05, 0.1) is 11.9 Å². The van der Waals surface area contributed by atoms with Gasteiger partial charge in [0, 0.05) is 4.90 Å². The number of benzene rings is 1. The summed E-state index contributed by atoms with van der Waals surface area (Å²) in [6, 6.07) is 6.79. The lowest BCUT2D eigenvalue weighted by molar-refractivity contribution is -0.144. The molecule has 0 amide bonds. The number of esters is 1. The predicted octanol–water partition coefficient (Wildman–Crippen LogP) is 2.44. The first kappa shape index (κ1) is 11.9. The van der Waals surface area contributed by atoms with Crippen molar-refractivity contribution in [2.45, 2.75) is 24.8 Å². The molecule has 3 nitrogen and oxygen atoms in total. The Balaban J connectivity index is 2.40. The van der Waals surface area contributed by atoms with E-state index in [0.717, 1.165) is 4.90 Å².